The van der Waals surface area contributed by atoms with E-state index in [0.29, 0.717) is 0 Å². The summed E-state index contributed by atoms with van der Waals surface area (Å²) in [6, 6.07) is 0. The molecule has 0 bridgehead atoms. The van der Waals surface area contributed by atoms with E-state index in [9.17, 15) is 0 Å². The lowest BCUT2D eigenvalue weighted by Gasteiger charge is -2.28. The van der Waals surface area contributed by atoms with E-state index in [-0.39, 0.29) is 0 Å². The molecule has 0 heterocycles. The van der Waals surface area contributed by atoms with E-state index in [2.05, 4.69) is 87.9 Å². The third-order valence-corrected chi connectivity index (χ3v) is 13.5. The molecule has 0 fully saturated rings. The van der Waals surface area contributed by atoms with Gasteiger partial charge in [0, 0.05) is 0 Å². The third kappa shape index (κ3) is 25.6. The third-order valence-electron chi connectivity index (χ3n) is 1.50. The molecular formula is C12H38N2Si4. The van der Waals surface area contributed by atoms with Gasteiger partial charge in [-0.05, 0) is 0 Å². The van der Waals surface area contributed by atoms with Crippen LogP contribution in [-0.4, -0.2) is 32.9 Å². The predicted octanol–water partition coefficient (Wildman–Crippen LogP) is 4.49. The smallest absolute Gasteiger partial charge is 0.109 e. The highest BCUT2D eigenvalue weighted by molar-refractivity contribution is 6.90. The van der Waals surface area contributed by atoms with E-state index in [1.165, 1.54) is 0 Å². The van der Waals surface area contributed by atoms with E-state index in [1.807, 2.05) is 0 Å². The average molecular weight is 323 g/mol. The minimum absolute atomic E-state index is 0.981. The number of nitrogens with one attached hydrogen (secondary N) is 2. The maximum absolute atomic E-state index is 3.74. The van der Waals surface area contributed by atoms with Gasteiger partial charge >= 0.3 is 0 Å². The van der Waals surface area contributed by atoms with Crippen molar-refractivity contribution >= 4 is 32.9 Å². The Labute approximate surface area is 121 Å². The van der Waals surface area contributed by atoms with Crippen LogP contribution in [0.5, 0.6) is 0 Å². The van der Waals surface area contributed by atoms with Crippen LogP contribution in [0.4, 0.5) is 0 Å². The fourth-order valence-electron chi connectivity index (χ4n) is 2.25. The first-order chi connectivity index (χ1) is 7.41. The van der Waals surface area contributed by atoms with Crippen LogP contribution >= 0.6 is 0 Å². The normalized spacial score (nSPS) is 14.0. The zero-order valence-electron chi connectivity index (χ0n) is 15.0. The van der Waals surface area contributed by atoms with Crippen LogP contribution in [0.1, 0.15) is 0 Å². The second-order valence-electron chi connectivity index (χ2n) is 9.25. The number of rotatable bonds is 4. The maximum atomic E-state index is 3.74. The van der Waals surface area contributed by atoms with Crippen molar-refractivity contribution in [2.75, 3.05) is 0 Å². The van der Waals surface area contributed by atoms with Crippen molar-refractivity contribution in [1.29, 1.82) is 0 Å². The van der Waals surface area contributed by atoms with Crippen LogP contribution in [-0.2, 0) is 0 Å². The van der Waals surface area contributed by atoms with Crippen molar-refractivity contribution in [3.8, 4) is 0 Å². The van der Waals surface area contributed by atoms with E-state index in [4.69, 9.17) is 0 Å². The molecule has 0 aliphatic carbocycles. The molecule has 0 aliphatic heterocycles. The minimum Gasteiger partial charge on any atom is -0.360 e. The van der Waals surface area contributed by atoms with E-state index < -0.39 is 32.9 Å². The van der Waals surface area contributed by atoms with Crippen molar-refractivity contribution in [2.24, 2.45) is 0 Å². The van der Waals surface area contributed by atoms with Crippen LogP contribution in [0.25, 0.3) is 0 Å². The average Bonchev–Trinajstić information content (AvgIpc) is 1.64. The summed E-state index contributed by atoms with van der Waals surface area (Å²) in [5, 5.41) is 0. The van der Waals surface area contributed by atoms with Crippen LogP contribution < -0.4 is 9.30 Å². The lowest BCUT2D eigenvalue weighted by atomic mass is 11.8. The standard InChI is InChI=1S/2C6H19NSi2/c2*1-8(2,3)7-9(4,5)6/h2*7H,1-6H3. The fourth-order valence-corrected chi connectivity index (χ4v) is 20.2. The highest BCUT2D eigenvalue weighted by Gasteiger charge is 2.22. The Morgan fingerprint density at radius 2 is 0.444 bits per heavy atom. The molecule has 0 rings (SSSR count). The molecule has 6 heteroatoms. The van der Waals surface area contributed by atoms with E-state index >= 15 is 0 Å². The zero-order chi connectivity index (χ0) is 15.4. The molecule has 0 saturated heterocycles. The summed E-state index contributed by atoms with van der Waals surface area (Å²) >= 11 is 0. The number of hydrogen-bond acceptors (Lipinski definition) is 2. The first-order valence-electron chi connectivity index (χ1n) is 7.00. The Hall–Kier alpha value is 0.788. The maximum Gasteiger partial charge on any atom is 0.109 e. The van der Waals surface area contributed by atoms with Gasteiger partial charge in [-0.2, -0.15) is 0 Å². The lowest BCUT2D eigenvalue weighted by molar-refractivity contribution is 1.30. The van der Waals surface area contributed by atoms with Gasteiger partial charge in [-0.1, -0.05) is 78.6 Å². The molecule has 0 atom stereocenters. The molecule has 112 valence electrons. The molecule has 2 N–H and O–H groups in total. The Bertz CT molecular complexity index is 178. The van der Waals surface area contributed by atoms with E-state index in [1.54, 1.807) is 0 Å². The van der Waals surface area contributed by atoms with Crippen molar-refractivity contribution in [3.05, 3.63) is 0 Å². The number of hydrogen-bond donors (Lipinski definition) is 2. The molecule has 0 unspecified atom stereocenters. The molecule has 2 nitrogen and oxygen atoms in total. The monoisotopic (exact) mass is 322 g/mol. The zero-order valence-corrected chi connectivity index (χ0v) is 19.0. The molecule has 0 radical (unpaired) electrons. The van der Waals surface area contributed by atoms with Crippen molar-refractivity contribution < 1.29 is 0 Å². The lowest BCUT2D eigenvalue weighted by Crippen LogP contribution is -2.55. The summed E-state index contributed by atoms with van der Waals surface area (Å²) in [5.74, 6) is 0. The van der Waals surface area contributed by atoms with Gasteiger partial charge in [-0.15, -0.1) is 0 Å². The summed E-state index contributed by atoms with van der Waals surface area (Å²) < 4.78 is 7.47. The van der Waals surface area contributed by atoms with Gasteiger partial charge < -0.3 is 9.30 Å². The molecule has 0 aromatic carbocycles. The van der Waals surface area contributed by atoms with E-state index in [0.717, 1.165) is 0 Å². The second kappa shape index (κ2) is 6.99. The molecule has 0 saturated carbocycles. The molecule has 0 aliphatic rings. The van der Waals surface area contributed by atoms with Crippen LogP contribution in [0, 0.1) is 0 Å². The van der Waals surface area contributed by atoms with Crippen LogP contribution in [0.3, 0.4) is 0 Å². The van der Waals surface area contributed by atoms with Gasteiger partial charge in [0.1, 0.15) is 32.9 Å². The van der Waals surface area contributed by atoms with Gasteiger partial charge in [-0.3, -0.25) is 0 Å². The Kier molecular flexibility index (Phi) is 8.19. The van der Waals surface area contributed by atoms with Crippen molar-refractivity contribution in [3.63, 3.8) is 0 Å². The summed E-state index contributed by atoms with van der Waals surface area (Å²) in [4.78, 5) is 0. The van der Waals surface area contributed by atoms with Gasteiger partial charge in [0.05, 0.1) is 0 Å². The predicted molar refractivity (Wildman–Crippen MR) is 99.7 cm³/mol. The van der Waals surface area contributed by atoms with Crippen molar-refractivity contribution in [1.82, 2.24) is 9.30 Å². The summed E-state index contributed by atoms with van der Waals surface area (Å²) in [6.07, 6.45) is 0. The summed E-state index contributed by atoms with van der Waals surface area (Å²) in [7, 11) is -3.92. The molecular weight excluding hydrogens is 284 g/mol. The summed E-state index contributed by atoms with van der Waals surface area (Å²) in [6.45, 7) is 28.2. The Morgan fingerprint density at radius 1 is 0.333 bits per heavy atom. The molecule has 0 aromatic rings. The van der Waals surface area contributed by atoms with Crippen LogP contribution in [0.15, 0.2) is 0 Å². The second-order valence-corrected chi connectivity index (χ2v) is 29.2. The first-order valence-corrected chi connectivity index (χ1v) is 21.0. The topological polar surface area (TPSA) is 24.1 Å². The van der Waals surface area contributed by atoms with Crippen LogP contribution in [0.2, 0.25) is 78.6 Å². The van der Waals surface area contributed by atoms with Gasteiger partial charge in [0.15, 0.2) is 0 Å². The highest BCUT2D eigenvalue weighted by Crippen LogP contribution is 2.03. The first kappa shape index (κ1) is 21.1. The molecule has 18 heavy (non-hydrogen) atoms. The quantitative estimate of drug-likeness (QED) is 0.745. The molecule has 0 amide bonds. The van der Waals surface area contributed by atoms with Crippen molar-refractivity contribution in [2.45, 2.75) is 78.6 Å². The SMILES string of the molecule is C[Si](C)(C)N[Si](C)(C)C.C[Si](C)(C)N[Si](C)(C)C. The Morgan fingerprint density at radius 3 is 0.444 bits per heavy atom. The minimum atomic E-state index is -0.981. The summed E-state index contributed by atoms with van der Waals surface area (Å²) in [5.41, 5.74) is 0. The Balaban J connectivity index is 0. The van der Waals surface area contributed by atoms with Gasteiger partial charge in [0.25, 0.3) is 0 Å². The van der Waals surface area contributed by atoms with Gasteiger partial charge in [0.2, 0.25) is 0 Å². The van der Waals surface area contributed by atoms with Gasteiger partial charge in [-0.25, -0.2) is 0 Å². The molecule has 0 spiro atoms. The molecule has 0 aromatic heterocycles. The largest absolute Gasteiger partial charge is 0.360 e. The fraction of sp³-hybridized carbons (Fsp3) is 1.00. The highest BCUT2D eigenvalue weighted by atomic mass is 28.4.